The lowest BCUT2D eigenvalue weighted by Gasteiger charge is -2.39. The molecule has 7 nitrogen and oxygen atoms in total. The fourth-order valence-electron chi connectivity index (χ4n) is 2.55. The summed E-state index contributed by atoms with van der Waals surface area (Å²) in [6.07, 6.45) is 4.15. The molecule has 1 fully saturated rings. The van der Waals surface area contributed by atoms with Gasteiger partial charge in [0.05, 0.1) is 10.5 Å². The fourth-order valence-corrected chi connectivity index (χ4v) is 2.55. The lowest BCUT2D eigenvalue weighted by molar-refractivity contribution is -0.384. The molecule has 1 N–H and O–H groups in total. The van der Waals surface area contributed by atoms with Crippen LogP contribution in [-0.2, 0) is 0 Å². The largest absolute Gasteiger partial charge is 0.478 e. The van der Waals surface area contributed by atoms with Gasteiger partial charge in [-0.05, 0) is 18.3 Å². The van der Waals surface area contributed by atoms with Crippen molar-refractivity contribution in [3.8, 4) is 0 Å². The van der Waals surface area contributed by atoms with Gasteiger partial charge in [0.15, 0.2) is 0 Å². The van der Waals surface area contributed by atoms with Crippen LogP contribution in [0.5, 0.6) is 0 Å². The summed E-state index contributed by atoms with van der Waals surface area (Å²) in [4.78, 5) is 27.4. The molecule has 1 aliphatic rings. The second kappa shape index (κ2) is 5.67. The van der Waals surface area contributed by atoms with E-state index in [1.54, 1.807) is 0 Å². The average Bonchev–Trinajstić information content (AvgIpc) is 2.47. The molecule has 0 aromatic carbocycles. The van der Waals surface area contributed by atoms with Crippen LogP contribution in [0.15, 0.2) is 12.3 Å². The van der Waals surface area contributed by atoms with Crippen LogP contribution in [-0.4, -0.2) is 34.1 Å². The van der Waals surface area contributed by atoms with Gasteiger partial charge in [-0.3, -0.25) is 10.1 Å². The van der Waals surface area contributed by atoms with Gasteiger partial charge in [-0.15, -0.1) is 0 Å². The highest BCUT2D eigenvalue weighted by Gasteiger charge is 2.32. The lowest BCUT2D eigenvalue weighted by Crippen LogP contribution is -2.39. The first-order chi connectivity index (χ1) is 9.86. The summed E-state index contributed by atoms with van der Waals surface area (Å²) in [5.74, 6) is -0.947. The van der Waals surface area contributed by atoms with Crippen molar-refractivity contribution in [1.29, 1.82) is 0 Å². The number of aromatic nitrogens is 1. The molecule has 0 aliphatic carbocycles. The quantitative estimate of drug-likeness (QED) is 0.677. The highest BCUT2D eigenvalue weighted by atomic mass is 16.6. The number of nitrogens with zero attached hydrogens (tertiary/aromatic N) is 3. The van der Waals surface area contributed by atoms with Crippen LogP contribution in [0.3, 0.4) is 0 Å². The number of anilines is 1. The van der Waals surface area contributed by atoms with Crippen molar-refractivity contribution in [2.45, 2.75) is 33.1 Å². The fraction of sp³-hybridized carbons (Fsp3) is 0.571. The molecule has 0 unspecified atom stereocenters. The minimum Gasteiger partial charge on any atom is -0.478 e. The van der Waals surface area contributed by atoms with Gasteiger partial charge in [0, 0.05) is 25.4 Å². The van der Waals surface area contributed by atoms with E-state index >= 15 is 0 Å². The number of piperidine rings is 1. The van der Waals surface area contributed by atoms with Gasteiger partial charge in [0.25, 0.3) is 0 Å². The third-order valence-corrected chi connectivity index (χ3v) is 4.41. The second-order valence-corrected chi connectivity index (χ2v) is 5.78. The maximum Gasteiger partial charge on any atom is 0.337 e. The van der Waals surface area contributed by atoms with Gasteiger partial charge in [-0.2, -0.15) is 0 Å². The van der Waals surface area contributed by atoms with Crippen LogP contribution >= 0.6 is 0 Å². The van der Waals surface area contributed by atoms with Crippen LogP contribution in [0, 0.1) is 15.5 Å². The van der Waals surface area contributed by atoms with Crippen molar-refractivity contribution in [3.63, 3.8) is 0 Å². The molecule has 1 aliphatic heterocycles. The molecule has 21 heavy (non-hydrogen) atoms. The van der Waals surface area contributed by atoms with E-state index in [9.17, 15) is 14.9 Å². The first-order valence-electron chi connectivity index (χ1n) is 6.99. The Morgan fingerprint density at radius 3 is 2.62 bits per heavy atom. The molecule has 0 spiro atoms. The van der Waals surface area contributed by atoms with E-state index < -0.39 is 10.9 Å². The standard InChI is InChI=1S/C14H19N3O4/c1-3-14(2)4-6-16(7-5-14)12-11(17(20)21)8-10(9-15-12)13(18)19/h8-9H,3-7H2,1-2H3,(H,18,19). The van der Waals surface area contributed by atoms with Crippen LogP contribution < -0.4 is 4.90 Å². The Morgan fingerprint density at radius 2 is 2.14 bits per heavy atom. The number of nitro groups is 1. The monoisotopic (exact) mass is 293 g/mol. The molecule has 1 saturated heterocycles. The molecule has 0 amide bonds. The summed E-state index contributed by atoms with van der Waals surface area (Å²) in [5, 5.41) is 20.1. The molecule has 1 aromatic heterocycles. The Morgan fingerprint density at radius 1 is 1.52 bits per heavy atom. The zero-order valence-electron chi connectivity index (χ0n) is 12.2. The number of carboxylic acids is 1. The molecule has 1 aromatic rings. The van der Waals surface area contributed by atoms with Crippen LogP contribution in [0.2, 0.25) is 0 Å². The maximum atomic E-state index is 11.2. The van der Waals surface area contributed by atoms with Gasteiger partial charge in [-0.1, -0.05) is 20.3 Å². The zero-order chi connectivity index (χ0) is 15.6. The Hall–Kier alpha value is -2.18. The van der Waals surface area contributed by atoms with E-state index in [0.29, 0.717) is 13.1 Å². The van der Waals surface area contributed by atoms with E-state index in [4.69, 9.17) is 5.11 Å². The van der Waals surface area contributed by atoms with Gasteiger partial charge in [0.2, 0.25) is 5.82 Å². The predicted molar refractivity (Wildman–Crippen MR) is 77.7 cm³/mol. The number of hydrogen-bond acceptors (Lipinski definition) is 5. The predicted octanol–water partition coefficient (Wildman–Crippen LogP) is 2.70. The molecule has 2 rings (SSSR count). The number of rotatable bonds is 4. The van der Waals surface area contributed by atoms with Crippen molar-refractivity contribution >= 4 is 17.5 Å². The minimum atomic E-state index is -1.21. The third kappa shape index (κ3) is 3.12. The first-order valence-corrected chi connectivity index (χ1v) is 6.99. The van der Waals surface area contributed by atoms with Crippen LogP contribution in [0.1, 0.15) is 43.5 Å². The van der Waals surface area contributed by atoms with E-state index in [2.05, 4.69) is 18.8 Å². The Balaban J connectivity index is 2.28. The van der Waals surface area contributed by atoms with Crippen molar-refractivity contribution in [3.05, 3.63) is 27.9 Å². The second-order valence-electron chi connectivity index (χ2n) is 5.78. The summed E-state index contributed by atoms with van der Waals surface area (Å²) < 4.78 is 0. The van der Waals surface area contributed by atoms with Crippen molar-refractivity contribution in [2.24, 2.45) is 5.41 Å². The number of hydrogen-bond donors (Lipinski definition) is 1. The number of aromatic carboxylic acids is 1. The van der Waals surface area contributed by atoms with Crippen molar-refractivity contribution in [2.75, 3.05) is 18.0 Å². The number of carbonyl (C=O) groups is 1. The molecular formula is C14H19N3O4. The number of carboxylic acid groups (broad SMARTS) is 1. The van der Waals surface area contributed by atoms with Gasteiger partial charge < -0.3 is 10.0 Å². The zero-order valence-corrected chi connectivity index (χ0v) is 12.2. The normalized spacial score (nSPS) is 17.5. The highest BCUT2D eigenvalue weighted by Crippen LogP contribution is 2.37. The average molecular weight is 293 g/mol. The van der Waals surface area contributed by atoms with Gasteiger partial charge in [0.1, 0.15) is 0 Å². The summed E-state index contributed by atoms with van der Waals surface area (Å²) in [7, 11) is 0. The molecule has 2 heterocycles. The van der Waals surface area contributed by atoms with E-state index in [-0.39, 0.29) is 22.5 Å². The minimum absolute atomic E-state index is 0.166. The summed E-state index contributed by atoms with van der Waals surface area (Å²) in [5.41, 5.74) is -0.136. The summed E-state index contributed by atoms with van der Waals surface area (Å²) in [6.45, 7) is 5.77. The van der Waals surface area contributed by atoms with Crippen molar-refractivity contribution in [1.82, 2.24) is 4.98 Å². The van der Waals surface area contributed by atoms with E-state index in [0.717, 1.165) is 25.3 Å². The first kappa shape index (κ1) is 15.2. The SMILES string of the molecule is CCC1(C)CCN(c2ncc(C(=O)O)cc2[N+](=O)[O-])CC1. The molecule has 0 saturated carbocycles. The van der Waals surface area contributed by atoms with Crippen LogP contribution in [0.4, 0.5) is 11.5 Å². The van der Waals surface area contributed by atoms with E-state index in [1.165, 1.54) is 6.20 Å². The Bertz CT molecular complexity index is 565. The topological polar surface area (TPSA) is 96.6 Å². The third-order valence-electron chi connectivity index (χ3n) is 4.41. The molecule has 7 heteroatoms. The van der Waals surface area contributed by atoms with Gasteiger partial charge in [-0.25, -0.2) is 9.78 Å². The number of pyridine rings is 1. The summed E-state index contributed by atoms with van der Waals surface area (Å²) >= 11 is 0. The van der Waals surface area contributed by atoms with Crippen molar-refractivity contribution < 1.29 is 14.8 Å². The van der Waals surface area contributed by atoms with E-state index in [1.807, 2.05) is 4.90 Å². The maximum absolute atomic E-state index is 11.2. The molecular weight excluding hydrogens is 274 g/mol. The lowest BCUT2D eigenvalue weighted by atomic mass is 9.78. The summed E-state index contributed by atoms with van der Waals surface area (Å²) in [6, 6.07) is 1.08. The molecule has 0 radical (unpaired) electrons. The highest BCUT2D eigenvalue weighted by molar-refractivity contribution is 5.88. The Labute approximate surface area is 122 Å². The molecule has 0 bridgehead atoms. The van der Waals surface area contributed by atoms with Crippen LogP contribution in [0.25, 0.3) is 0 Å². The molecule has 0 atom stereocenters. The molecule has 114 valence electrons. The van der Waals surface area contributed by atoms with Gasteiger partial charge >= 0.3 is 11.7 Å². The Kier molecular flexibility index (Phi) is 4.11. The smallest absolute Gasteiger partial charge is 0.337 e.